The van der Waals surface area contributed by atoms with Crippen LogP contribution in [0.25, 0.3) is 10.9 Å². The van der Waals surface area contributed by atoms with Crippen LogP contribution in [-0.2, 0) is 16.1 Å². The summed E-state index contributed by atoms with van der Waals surface area (Å²) in [6.45, 7) is 6.95. The second-order valence-corrected chi connectivity index (χ2v) is 10.6. The first-order valence-electron chi connectivity index (χ1n) is 13.9. The molecule has 2 bridgehead atoms. The number of nitrogens with zero attached hydrogens (tertiary/aromatic N) is 4. The Kier molecular flexibility index (Phi) is 8.45. The molecule has 6 rings (SSSR count). The Hall–Kier alpha value is -4.25. The number of anilines is 3. The molecule has 2 aromatic carbocycles. The average Bonchev–Trinajstić information content (AvgIpc) is 3.35. The van der Waals surface area contributed by atoms with Crippen molar-refractivity contribution in [3.8, 4) is 11.5 Å². The average molecular weight is 587 g/mol. The van der Waals surface area contributed by atoms with E-state index in [-0.39, 0.29) is 5.91 Å². The molecule has 0 radical (unpaired) electrons. The van der Waals surface area contributed by atoms with E-state index in [1.165, 1.54) is 12.4 Å². The van der Waals surface area contributed by atoms with Crippen LogP contribution in [0.2, 0.25) is 5.02 Å². The number of carbonyl (C=O) groups excluding carboxylic acids is 1. The maximum atomic E-state index is 12.3. The fourth-order valence-corrected chi connectivity index (χ4v) is 5.45. The highest BCUT2D eigenvalue weighted by Crippen LogP contribution is 2.35. The van der Waals surface area contributed by atoms with Crippen molar-refractivity contribution >= 4 is 45.6 Å². The summed E-state index contributed by atoms with van der Waals surface area (Å²) in [6, 6.07) is 14.7. The Labute approximate surface area is 248 Å². The van der Waals surface area contributed by atoms with Gasteiger partial charge >= 0.3 is 0 Å². The van der Waals surface area contributed by atoms with Crippen LogP contribution in [0.1, 0.15) is 18.5 Å². The molecule has 0 aliphatic carbocycles. The van der Waals surface area contributed by atoms with Gasteiger partial charge in [-0.05, 0) is 55.3 Å². The SMILES string of the molecule is C=CC(=O)Nc1cc2c(Nc3ccc(OCc4ccccn4)c(Cl)c3)ncnc2cc1OCCN1CC2CCC(C1)O2. The Morgan fingerprint density at radius 1 is 1.07 bits per heavy atom. The highest BCUT2D eigenvalue weighted by Gasteiger charge is 2.33. The standard InChI is InChI=1S/C31H31ClN6O4/c1-2-30(39)37-27-14-24-26(15-29(27)40-12-11-38-16-22-7-8-23(17-38)42-22)34-19-35-31(24)36-20-6-9-28(25(32)13-20)41-18-21-5-3-4-10-33-21/h2-6,9-10,13-15,19,22-23H,1,7-8,11-12,16-18H2,(H,37,39)(H,34,35,36). The topological polar surface area (TPSA) is 111 Å². The molecule has 1 amide bonds. The third kappa shape index (κ3) is 6.62. The van der Waals surface area contributed by atoms with Crippen molar-refractivity contribution in [3.05, 3.63) is 84.4 Å². The number of hydrogen-bond donors (Lipinski definition) is 2. The van der Waals surface area contributed by atoms with Gasteiger partial charge in [0.05, 0.1) is 34.1 Å². The van der Waals surface area contributed by atoms with Gasteiger partial charge < -0.3 is 24.8 Å². The maximum Gasteiger partial charge on any atom is 0.247 e. The zero-order valence-electron chi connectivity index (χ0n) is 23.0. The number of likely N-dealkylation sites (tertiary alicyclic amines) is 1. The van der Waals surface area contributed by atoms with Gasteiger partial charge in [0.15, 0.2) is 0 Å². The third-order valence-corrected chi connectivity index (χ3v) is 7.56. The van der Waals surface area contributed by atoms with Crippen molar-refractivity contribution in [2.45, 2.75) is 31.7 Å². The number of halogens is 1. The number of aromatic nitrogens is 3. The molecule has 2 aromatic heterocycles. The molecule has 11 heteroatoms. The van der Waals surface area contributed by atoms with Gasteiger partial charge in [0.2, 0.25) is 5.91 Å². The molecule has 2 aliphatic rings. The fraction of sp³-hybridized carbons (Fsp3) is 0.290. The maximum absolute atomic E-state index is 12.3. The molecule has 216 valence electrons. The van der Waals surface area contributed by atoms with Gasteiger partial charge in [-0.3, -0.25) is 14.7 Å². The lowest BCUT2D eigenvalue weighted by molar-refractivity contribution is -0.111. The minimum absolute atomic E-state index is 0.307. The molecular weight excluding hydrogens is 556 g/mol. The number of ether oxygens (including phenoxy) is 3. The number of benzene rings is 2. The number of pyridine rings is 1. The lowest BCUT2D eigenvalue weighted by Gasteiger charge is -2.31. The molecule has 2 fully saturated rings. The van der Waals surface area contributed by atoms with Crippen molar-refractivity contribution in [1.82, 2.24) is 19.9 Å². The van der Waals surface area contributed by atoms with E-state index in [4.69, 9.17) is 25.8 Å². The number of morpholine rings is 1. The van der Waals surface area contributed by atoms with Crippen LogP contribution < -0.4 is 20.1 Å². The molecule has 0 saturated carbocycles. The monoisotopic (exact) mass is 586 g/mol. The Balaban J connectivity index is 1.18. The summed E-state index contributed by atoms with van der Waals surface area (Å²) >= 11 is 6.52. The number of carbonyl (C=O) groups is 1. The predicted molar refractivity (Wildman–Crippen MR) is 161 cm³/mol. The summed E-state index contributed by atoms with van der Waals surface area (Å²) in [7, 11) is 0. The van der Waals surface area contributed by atoms with Gasteiger partial charge in [0.25, 0.3) is 0 Å². The number of nitrogens with one attached hydrogen (secondary N) is 2. The molecule has 42 heavy (non-hydrogen) atoms. The Morgan fingerprint density at radius 3 is 2.69 bits per heavy atom. The highest BCUT2D eigenvalue weighted by molar-refractivity contribution is 6.32. The molecule has 2 N–H and O–H groups in total. The number of hydrogen-bond acceptors (Lipinski definition) is 9. The quantitative estimate of drug-likeness (QED) is 0.224. The first-order chi connectivity index (χ1) is 20.5. The molecule has 2 aliphatic heterocycles. The lowest BCUT2D eigenvalue weighted by atomic mass is 10.1. The summed E-state index contributed by atoms with van der Waals surface area (Å²) in [5.74, 6) is 1.27. The van der Waals surface area contributed by atoms with Gasteiger partial charge in [0.1, 0.15) is 36.9 Å². The number of rotatable bonds is 11. The van der Waals surface area contributed by atoms with Crippen LogP contribution in [0.5, 0.6) is 11.5 Å². The van der Waals surface area contributed by atoms with Crippen LogP contribution in [0.4, 0.5) is 17.2 Å². The number of fused-ring (bicyclic) bond motifs is 3. The molecular formula is C31H31ClN6O4. The third-order valence-electron chi connectivity index (χ3n) is 7.26. The second kappa shape index (κ2) is 12.7. The molecule has 0 spiro atoms. The normalized spacial score (nSPS) is 18.0. The molecule has 2 unspecified atom stereocenters. The largest absolute Gasteiger partial charge is 0.490 e. The fourth-order valence-electron chi connectivity index (χ4n) is 5.22. The van der Waals surface area contributed by atoms with Crippen molar-refractivity contribution in [2.75, 3.05) is 36.9 Å². The van der Waals surface area contributed by atoms with E-state index >= 15 is 0 Å². The molecule has 4 heterocycles. The number of amides is 1. The first kappa shape index (κ1) is 27.9. The van der Waals surface area contributed by atoms with Crippen LogP contribution in [0.3, 0.4) is 0 Å². The second-order valence-electron chi connectivity index (χ2n) is 10.2. The Morgan fingerprint density at radius 2 is 1.93 bits per heavy atom. The van der Waals surface area contributed by atoms with Gasteiger partial charge in [-0.25, -0.2) is 9.97 Å². The van der Waals surface area contributed by atoms with E-state index in [0.717, 1.165) is 38.2 Å². The van der Waals surface area contributed by atoms with Gasteiger partial charge in [-0.15, -0.1) is 0 Å². The van der Waals surface area contributed by atoms with E-state index in [2.05, 4.69) is 37.1 Å². The molecule has 2 saturated heterocycles. The highest BCUT2D eigenvalue weighted by atomic mass is 35.5. The Bertz CT molecular complexity index is 1580. The van der Waals surface area contributed by atoms with Crippen LogP contribution in [-0.4, -0.2) is 64.2 Å². The molecule has 2 atom stereocenters. The summed E-state index contributed by atoms with van der Waals surface area (Å²) in [6.07, 6.45) is 7.30. The summed E-state index contributed by atoms with van der Waals surface area (Å²) in [4.78, 5) is 27.8. The predicted octanol–water partition coefficient (Wildman–Crippen LogP) is 5.37. The summed E-state index contributed by atoms with van der Waals surface area (Å²) < 4.78 is 18.0. The van der Waals surface area contributed by atoms with Crippen molar-refractivity contribution in [1.29, 1.82) is 0 Å². The molecule has 10 nitrogen and oxygen atoms in total. The van der Waals surface area contributed by atoms with Crippen LogP contribution in [0.15, 0.2) is 73.7 Å². The van der Waals surface area contributed by atoms with Gasteiger partial charge in [-0.1, -0.05) is 24.2 Å². The van der Waals surface area contributed by atoms with E-state index in [1.807, 2.05) is 30.3 Å². The van der Waals surface area contributed by atoms with Gasteiger partial charge in [-0.2, -0.15) is 0 Å². The van der Waals surface area contributed by atoms with Crippen molar-refractivity contribution in [2.24, 2.45) is 0 Å². The smallest absolute Gasteiger partial charge is 0.247 e. The van der Waals surface area contributed by atoms with E-state index in [9.17, 15) is 4.79 Å². The minimum atomic E-state index is -0.344. The van der Waals surface area contributed by atoms with E-state index in [1.54, 1.807) is 24.4 Å². The first-order valence-corrected chi connectivity index (χ1v) is 14.2. The van der Waals surface area contributed by atoms with Crippen LogP contribution in [0, 0.1) is 0 Å². The van der Waals surface area contributed by atoms with Crippen molar-refractivity contribution in [3.63, 3.8) is 0 Å². The zero-order valence-corrected chi connectivity index (χ0v) is 23.7. The lowest BCUT2D eigenvalue weighted by Crippen LogP contribution is -2.44. The molecule has 4 aromatic rings. The minimum Gasteiger partial charge on any atom is -0.490 e. The van der Waals surface area contributed by atoms with Gasteiger partial charge in [0, 0.05) is 43.0 Å². The zero-order chi connectivity index (χ0) is 28.9. The van der Waals surface area contributed by atoms with E-state index in [0.29, 0.717) is 70.0 Å². The summed E-state index contributed by atoms with van der Waals surface area (Å²) in [5, 5.41) is 7.30. The van der Waals surface area contributed by atoms with Crippen molar-refractivity contribution < 1.29 is 19.0 Å². The van der Waals surface area contributed by atoms with Crippen LogP contribution >= 0.6 is 11.6 Å². The van der Waals surface area contributed by atoms with E-state index < -0.39 is 0 Å². The summed E-state index contributed by atoms with van der Waals surface area (Å²) in [5.41, 5.74) is 2.68.